The van der Waals surface area contributed by atoms with Gasteiger partial charge in [0.15, 0.2) is 5.96 Å². The fraction of sp³-hybridized carbons (Fsp3) is 0.889. The molecule has 0 aromatic carbocycles. The summed E-state index contributed by atoms with van der Waals surface area (Å²) in [6.45, 7) is 7.29. The summed E-state index contributed by atoms with van der Waals surface area (Å²) >= 11 is 0. The molecular formula is C18H38IN5O. The number of guanidine groups is 1. The number of hydrogen-bond donors (Lipinski definition) is 3. The third kappa shape index (κ3) is 11.6. The highest BCUT2D eigenvalue weighted by Gasteiger charge is 2.22. The van der Waals surface area contributed by atoms with Gasteiger partial charge in [0.25, 0.3) is 0 Å². The fourth-order valence-corrected chi connectivity index (χ4v) is 3.09. The molecular weight excluding hydrogens is 429 g/mol. The number of amides is 1. The number of carbonyl (C=O) groups excluding carboxylic acids is 1. The van der Waals surface area contributed by atoms with Crippen molar-refractivity contribution in [2.24, 2.45) is 16.6 Å². The first-order valence-corrected chi connectivity index (χ1v) is 9.63. The standard InChI is InChI=1S/C18H37N5O.HI/c1-3-4-5-6-11-21-18(20-2)22-12-7-8-13-23-14-9-16(10-15-23)17(19)24;/h16H,3-15H2,1-2H3,(H2,19,24)(H2,20,21,22);1H. The lowest BCUT2D eigenvalue weighted by Gasteiger charge is -2.30. The Bertz CT molecular complexity index is 370. The van der Waals surface area contributed by atoms with Crippen LogP contribution >= 0.6 is 24.0 Å². The van der Waals surface area contributed by atoms with Crippen LogP contribution in [0.25, 0.3) is 0 Å². The van der Waals surface area contributed by atoms with Gasteiger partial charge in [-0.2, -0.15) is 0 Å². The molecule has 0 radical (unpaired) electrons. The van der Waals surface area contributed by atoms with Crippen LogP contribution in [-0.4, -0.2) is 56.5 Å². The van der Waals surface area contributed by atoms with Gasteiger partial charge in [-0.3, -0.25) is 9.79 Å². The highest BCUT2D eigenvalue weighted by Crippen LogP contribution is 2.16. The molecule has 0 aliphatic carbocycles. The van der Waals surface area contributed by atoms with Gasteiger partial charge in [0.1, 0.15) is 0 Å². The van der Waals surface area contributed by atoms with E-state index >= 15 is 0 Å². The minimum absolute atomic E-state index is 0. The second-order valence-corrected chi connectivity index (χ2v) is 6.71. The summed E-state index contributed by atoms with van der Waals surface area (Å²) in [7, 11) is 1.82. The van der Waals surface area contributed by atoms with E-state index in [2.05, 4.69) is 27.4 Å². The summed E-state index contributed by atoms with van der Waals surface area (Å²) in [6, 6.07) is 0. The van der Waals surface area contributed by atoms with Gasteiger partial charge < -0.3 is 21.3 Å². The lowest BCUT2D eigenvalue weighted by molar-refractivity contribution is -0.123. The van der Waals surface area contributed by atoms with E-state index in [1.165, 1.54) is 32.1 Å². The van der Waals surface area contributed by atoms with Gasteiger partial charge in [0, 0.05) is 26.1 Å². The zero-order valence-corrected chi connectivity index (χ0v) is 18.4. The molecule has 25 heavy (non-hydrogen) atoms. The van der Waals surface area contributed by atoms with Crippen molar-refractivity contribution in [2.75, 3.05) is 39.8 Å². The van der Waals surface area contributed by atoms with Crippen molar-refractivity contribution in [3.63, 3.8) is 0 Å². The van der Waals surface area contributed by atoms with E-state index in [1.54, 1.807) is 0 Å². The lowest BCUT2D eigenvalue weighted by Crippen LogP contribution is -2.40. The van der Waals surface area contributed by atoms with Crippen LogP contribution in [0.1, 0.15) is 58.3 Å². The van der Waals surface area contributed by atoms with Crippen molar-refractivity contribution >= 4 is 35.8 Å². The Kier molecular flexibility index (Phi) is 15.3. The van der Waals surface area contributed by atoms with Crippen LogP contribution in [0.2, 0.25) is 0 Å². The van der Waals surface area contributed by atoms with Crippen molar-refractivity contribution in [2.45, 2.75) is 58.3 Å². The molecule has 0 unspecified atom stereocenters. The number of piperidine rings is 1. The Morgan fingerprint density at radius 3 is 2.20 bits per heavy atom. The molecule has 0 bridgehead atoms. The molecule has 7 heteroatoms. The number of primary amides is 1. The average Bonchev–Trinajstić information content (AvgIpc) is 2.59. The fourth-order valence-electron chi connectivity index (χ4n) is 3.09. The second-order valence-electron chi connectivity index (χ2n) is 6.71. The van der Waals surface area contributed by atoms with E-state index in [4.69, 9.17) is 5.73 Å². The van der Waals surface area contributed by atoms with Gasteiger partial charge >= 0.3 is 0 Å². The number of likely N-dealkylation sites (tertiary alicyclic amines) is 1. The van der Waals surface area contributed by atoms with Crippen molar-refractivity contribution in [3.8, 4) is 0 Å². The van der Waals surface area contributed by atoms with E-state index < -0.39 is 0 Å². The molecule has 6 nitrogen and oxygen atoms in total. The lowest BCUT2D eigenvalue weighted by atomic mass is 9.96. The van der Waals surface area contributed by atoms with Crippen molar-refractivity contribution in [1.82, 2.24) is 15.5 Å². The smallest absolute Gasteiger partial charge is 0.220 e. The highest BCUT2D eigenvalue weighted by atomic mass is 127. The van der Waals surface area contributed by atoms with Crippen LogP contribution in [0.5, 0.6) is 0 Å². The molecule has 0 aromatic heterocycles. The van der Waals surface area contributed by atoms with Crippen LogP contribution < -0.4 is 16.4 Å². The number of halogens is 1. The van der Waals surface area contributed by atoms with Gasteiger partial charge in [-0.1, -0.05) is 26.2 Å². The maximum Gasteiger partial charge on any atom is 0.220 e. The van der Waals surface area contributed by atoms with E-state index in [0.29, 0.717) is 0 Å². The van der Waals surface area contributed by atoms with E-state index in [1.807, 2.05) is 7.05 Å². The van der Waals surface area contributed by atoms with Crippen LogP contribution in [0.4, 0.5) is 0 Å². The van der Waals surface area contributed by atoms with Gasteiger partial charge in [0.05, 0.1) is 0 Å². The van der Waals surface area contributed by atoms with Crippen molar-refractivity contribution in [1.29, 1.82) is 0 Å². The Morgan fingerprint density at radius 2 is 1.68 bits per heavy atom. The largest absolute Gasteiger partial charge is 0.369 e. The Hall–Kier alpha value is -0.570. The molecule has 1 heterocycles. The molecule has 0 saturated carbocycles. The molecule has 148 valence electrons. The number of nitrogens with two attached hydrogens (primary N) is 1. The van der Waals surface area contributed by atoms with Crippen molar-refractivity contribution < 1.29 is 4.79 Å². The molecule has 1 amide bonds. The zero-order chi connectivity index (χ0) is 17.6. The molecule has 1 fully saturated rings. The predicted octanol–water partition coefficient (Wildman–Crippen LogP) is 2.33. The normalized spacial score (nSPS) is 16.3. The van der Waals surface area contributed by atoms with E-state index in [9.17, 15) is 4.79 Å². The molecule has 1 rings (SSSR count). The molecule has 0 atom stereocenters. The summed E-state index contributed by atoms with van der Waals surface area (Å²) in [6.07, 6.45) is 9.21. The summed E-state index contributed by atoms with van der Waals surface area (Å²) in [5.41, 5.74) is 5.37. The Labute approximate surface area is 170 Å². The summed E-state index contributed by atoms with van der Waals surface area (Å²) in [5.74, 6) is 0.871. The quantitative estimate of drug-likeness (QED) is 0.189. The van der Waals surface area contributed by atoms with Gasteiger partial charge in [-0.05, 0) is 51.7 Å². The Balaban J connectivity index is 0.00000576. The Morgan fingerprint density at radius 1 is 1.08 bits per heavy atom. The molecule has 1 aliphatic rings. The molecule has 1 aliphatic heterocycles. The van der Waals surface area contributed by atoms with Crippen molar-refractivity contribution in [3.05, 3.63) is 0 Å². The van der Waals surface area contributed by atoms with Gasteiger partial charge in [0.2, 0.25) is 5.91 Å². The highest BCUT2D eigenvalue weighted by molar-refractivity contribution is 14.0. The molecule has 4 N–H and O–H groups in total. The second kappa shape index (κ2) is 15.7. The summed E-state index contributed by atoms with van der Waals surface area (Å²) in [4.78, 5) is 17.9. The topological polar surface area (TPSA) is 82.8 Å². The first-order valence-electron chi connectivity index (χ1n) is 9.63. The summed E-state index contributed by atoms with van der Waals surface area (Å²) < 4.78 is 0. The third-order valence-corrected chi connectivity index (χ3v) is 4.73. The first kappa shape index (κ1) is 24.4. The first-order chi connectivity index (χ1) is 11.7. The monoisotopic (exact) mass is 467 g/mol. The van der Waals surface area contributed by atoms with E-state index in [-0.39, 0.29) is 35.8 Å². The minimum Gasteiger partial charge on any atom is -0.369 e. The van der Waals surface area contributed by atoms with Gasteiger partial charge in [-0.25, -0.2) is 0 Å². The third-order valence-electron chi connectivity index (χ3n) is 4.73. The van der Waals surface area contributed by atoms with Crippen LogP contribution in [0, 0.1) is 5.92 Å². The number of hydrogen-bond acceptors (Lipinski definition) is 3. The number of rotatable bonds is 11. The van der Waals surface area contributed by atoms with Crippen LogP contribution in [-0.2, 0) is 4.79 Å². The van der Waals surface area contributed by atoms with E-state index in [0.717, 1.165) is 57.9 Å². The molecule has 0 spiro atoms. The maximum atomic E-state index is 11.2. The van der Waals surface area contributed by atoms with Gasteiger partial charge in [-0.15, -0.1) is 24.0 Å². The summed E-state index contributed by atoms with van der Waals surface area (Å²) in [5, 5.41) is 6.75. The molecule has 1 saturated heterocycles. The number of nitrogens with one attached hydrogen (secondary N) is 2. The minimum atomic E-state index is -0.132. The number of unbranched alkanes of at least 4 members (excludes halogenated alkanes) is 4. The molecule has 0 aromatic rings. The number of nitrogens with zero attached hydrogens (tertiary/aromatic N) is 2. The van der Waals surface area contributed by atoms with Crippen LogP contribution in [0.3, 0.4) is 0 Å². The SMILES string of the molecule is CCCCCCNC(=NC)NCCCCN1CCC(C(N)=O)CC1.I. The number of aliphatic imine (C=N–C) groups is 1. The maximum absolute atomic E-state index is 11.2. The average molecular weight is 467 g/mol. The van der Waals surface area contributed by atoms with Crippen LogP contribution in [0.15, 0.2) is 4.99 Å². The number of carbonyl (C=O) groups is 1. The predicted molar refractivity (Wildman–Crippen MR) is 117 cm³/mol. The zero-order valence-electron chi connectivity index (χ0n) is 16.1.